The van der Waals surface area contributed by atoms with Crippen molar-refractivity contribution < 1.29 is 28.4 Å². The Bertz CT molecular complexity index is 732. The predicted molar refractivity (Wildman–Crippen MR) is 157 cm³/mol. The number of ether oxygens (including phenoxy) is 6. The molecule has 6 nitrogen and oxygen atoms in total. The third-order valence-electron chi connectivity index (χ3n) is 6.85. The molecule has 1 aliphatic rings. The molecule has 5 atom stereocenters. The summed E-state index contributed by atoms with van der Waals surface area (Å²) in [6.07, 6.45) is 7.04. The fraction of sp³-hybridized carbons (Fsp3) is 0.806. The van der Waals surface area contributed by atoms with Gasteiger partial charge in [0.15, 0.2) is 0 Å². The number of methoxy groups -OCH3 is 1. The van der Waals surface area contributed by atoms with Crippen molar-refractivity contribution in [2.45, 2.75) is 122 Å². The molecule has 1 fully saturated rings. The van der Waals surface area contributed by atoms with Crippen LogP contribution in [-0.4, -0.2) is 64.6 Å². The van der Waals surface area contributed by atoms with Crippen LogP contribution in [0.2, 0.25) is 0 Å². The van der Waals surface area contributed by atoms with Gasteiger partial charge in [-0.25, -0.2) is 0 Å². The van der Waals surface area contributed by atoms with Crippen LogP contribution in [0.5, 0.6) is 0 Å². The average molecular weight is 602 g/mol. The van der Waals surface area contributed by atoms with Gasteiger partial charge in [0.05, 0.1) is 13.2 Å². The number of alkyl halides is 1. The molecule has 1 aliphatic heterocycles. The minimum absolute atomic E-state index is 0.243. The van der Waals surface area contributed by atoms with Gasteiger partial charge in [0.25, 0.3) is 0 Å². The largest absolute Gasteiger partial charge is 0.380 e. The van der Waals surface area contributed by atoms with E-state index in [0.717, 1.165) is 74.4 Å². The molecule has 0 spiro atoms. The van der Waals surface area contributed by atoms with E-state index in [2.05, 4.69) is 61.8 Å². The Balaban J connectivity index is 2.48. The Morgan fingerprint density at radius 3 is 1.84 bits per heavy atom. The highest BCUT2D eigenvalue weighted by molar-refractivity contribution is 9.08. The normalized spacial score (nSPS) is 23.7. The van der Waals surface area contributed by atoms with Gasteiger partial charge in [0.2, 0.25) is 0 Å². The van der Waals surface area contributed by atoms with Crippen LogP contribution < -0.4 is 0 Å². The SMILES string of the molecule is CCCCOC[C@H]1O[C@@H](c2cc(CBr)cc(COC)c2)[C@H](OCCCC)[C@@H](OCCCC)[C@@H]1OCCCC. The van der Waals surface area contributed by atoms with Crippen molar-refractivity contribution in [3.8, 4) is 0 Å². The monoisotopic (exact) mass is 600 g/mol. The van der Waals surface area contributed by atoms with E-state index >= 15 is 0 Å². The molecule has 0 unspecified atom stereocenters. The Kier molecular flexibility index (Phi) is 18.0. The van der Waals surface area contributed by atoms with E-state index in [-0.39, 0.29) is 30.5 Å². The summed E-state index contributed by atoms with van der Waals surface area (Å²) in [4.78, 5) is 0. The summed E-state index contributed by atoms with van der Waals surface area (Å²) < 4.78 is 38.3. The fourth-order valence-corrected chi connectivity index (χ4v) is 5.03. The molecule has 1 saturated heterocycles. The van der Waals surface area contributed by atoms with E-state index < -0.39 is 0 Å². The van der Waals surface area contributed by atoms with Crippen molar-refractivity contribution >= 4 is 15.9 Å². The van der Waals surface area contributed by atoms with Gasteiger partial charge in [-0.2, -0.15) is 0 Å². The molecule has 0 bridgehead atoms. The maximum Gasteiger partial charge on any atom is 0.117 e. The summed E-state index contributed by atoms with van der Waals surface area (Å²) in [6.45, 7) is 12.5. The van der Waals surface area contributed by atoms with Gasteiger partial charge in [-0.15, -0.1) is 0 Å². The Hall–Kier alpha value is -0.540. The first-order valence-corrected chi connectivity index (χ1v) is 16.0. The van der Waals surface area contributed by atoms with Crippen LogP contribution in [0.4, 0.5) is 0 Å². The molecule has 1 heterocycles. The number of hydrogen-bond acceptors (Lipinski definition) is 6. The first kappa shape index (κ1) is 33.7. The highest BCUT2D eigenvalue weighted by Crippen LogP contribution is 2.38. The van der Waals surface area contributed by atoms with Crippen molar-refractivity contribution in [1.29, 1.82) is 0 Å². The van der Waals surface area contributed by atoms with Crippen LogP contribution in [0, 0.1) is 0 Å². The third kappa shape index (κ3) is 11.1. The summed E-state index contributed by atoms with van der Waals surface area (Å²) >= 11 is 3.65. The topological polar surface area (TPSA) is 55.4 Å². The predicted octanol–water partition coefficient (Wildman–Crippen LogP) is 7.54. The van der Waals surface area contributed by atoms with Crippen molar-refractivity contribution in [2.24, 2.45) is 0 Å². The second kappa shape index (κ2) is 20.4. The number of unbranched alkanes of at least 4 members (excludes halogenated alkanes) is 4. The summed E-state index contributed by atoms with van der Waals surface area (Å²) in [6, 6.07) is 6.58. The highest BCUT2D eigenvalue weighted by Gasteiger charge is 2.48. The maximum atomic E-state index is 6.90. The molecular weight excluding hydrogens is 548 g/mol. The summed E-state index contributed by atoms with van der Waals surface area (Å²) in [5.41, 5.74) is 3.40. The Morgan fingerprint density at radius 1 is 0.711 bits per heavy atom. The lowest BCUT2D eigenvalue weighted by atomic mass is 9.89. The van der Waals surface area contributed by atoms with Crippen LogP contribution in [0.25, 0.3) is 0 Å². The molecule has 38 heavy (non-hydrogen) atoms. The molecule has 220 valence electrons. The van der Waals surface area contributed by atoms with Gasteiger partial charge < -0.3 is 28.4 Å². The molecule has 0 radical (unpaired) electrons. The van der Waals surface area contributed by atoms with Gasteiger partial charge in [0, 0.05) is 38.9 Å². The summed E-state index contributed by atoms with van der Waals surface area (Å²) in [5.74, 6) is 0. The van der Waals surface area contributed by atoms with E-state index in [1.165, 1.54) is 5.56 Å². The van der Waals surface area contributed by atoms with E-state index in [9.17, 15) is 0 Å². The second-order valence-corrected chi connectivity index (χ2v) is 10.8. The summed E-state index contributed by atoms with van der Waals surface area (Å²) in [7, 11) is 1.73. The first-order chi connectivity index (χ1) is 18.6. The van der Waals surface area contributed by atoms with E-state index in [1.54, 1.807) is 7.11 Å². The van der Waals surface area contributed by atoms with Crippen molar-refractivity contribution in [3.63, 3.8) is 0 Å². The number of benzene rings is 1. The lowest BCUT2D eigenvalue weighted by molar-refractivity contribution is -0.268. The van der Waals surface area contributed by atoms with Crippen molar-refractivity contribution in [2.75, 3.05) is 40.1 Å². The molecule has 0 N–H and O–H groups in total. The standard InChI is InChI=1S/C31H53BrO6/c1-6-10-14-34-23-27-29(35-15-11-7-2)31(37-17-13-9-4)30(36-16-12-8-3)28(38-27)26-19-24(21-32)18-25(20-26)22-33-5/h18-20,27-31H,6-17,21-23H2,1-5H3/t27-,28+,29-,30+,31+/m1/s1. The average Bonchev–Trinajstić information content (AvgIpc) is 2.93. The van der Waals surface area contributed by atoms with E-state index in [0.29, 0.717) is 33.0 Å². The molecular formula is C31H53BrO6. The molecule has 0 aromatic heterocycles. The summed E-state index contributed by atoms with van der Waals surface area (Å²) in [5, 5.41) is 0.758. The van der Waals surface area contributed by atoms with Gasteiger partial charge in [-0.3, -0.25) is 0 Å². The number of rotatable bonds is 21. The van der Waals surface area contributed by atoms with Crippen LogP contribution in [0.3, 0.4) is 0 Å². The zero-order valence-corrected chi connectivity index (χ0v) is 26.1. The van der Waals surface area contributed by atoms with Gasteiger partial charge in [-0.1, -0.05) is 87.5 Å². The first-order valence-electron chi connectivity index (χ1n) is 14.9. The zero-order valence-electron chi connectivity index (χ0n) is 24.6. The quantitative estimate of drug-likeness (QED) is 0.107. The maximum absolute atomic E-state index is 6.90. The van der Waals surface area contributed by atoms with Crippen LogP contribution in [0.1, 0.15) is 102 Å². The Labute approximate surface area is 240 Å². The highest BCUT2D eigenvalue weighted by atomic mass is 79.9. The number of hydrogen-bond donors (Lipinski definition) is 0. The lowest BCUT2D eigenvalue weighted by Gasteiger charge is -2.46. The molecule has 1 aromatic carbocycles. The van der Waals surface area contributed by atoms with E-state index in [4.69, 9.17) is 28.4 Å². The van der Waals surface area contributed by atoms with Crippen LogP contribution in [0.15, 0.2) is 18.2 Å². The molecule has 1 aromatic rings. The van der Waals surface area contributed by atoms with Crippen molar-refractivity contribution in [3.05, 3.63) is 34.9 Å². The van der Waals surface area contributed by atoms with Gasteiger partial charge >= 0.3 is 0 Å². The lowest BCUT2D eigenvalue weighted by Crippen LogP contribution is -2.58. The van der Waals surface area contributed by atoms with Crippen LogP contribution >= 0.6 is 15.9 Å². The molecule has 7 heteroatoms. The van der Waals surface area contributed by atoms with Crippen molar-refractivity contribution in [1.82, 2.24) is 0 Å². The van der Waals surface area contributed by atoms with Gasteiger partial charge in [-0.05, 0) is 42.4 Å². The second-order valence-electron chi connectivity index (χ2n) is 10.2. The van der Waals surface area contributed by atoms with Gasteiger partial charge in [0.1, 0.15) is 30.5 Å². The van der Waals surface area contributed by atoms with E-state index in [1.807, 2.05) is 0 Å². The molecule has 0 aliphatic carbocycles. The number of halogens is 1. The minimum atomic E-state index is -0.293. The smallest absolute Gasteiger partial charge is 0.117 e. The third-order valence-corrected chi connectivity index (χ3v) is 7.50. The molecule has 0 amide bonds. The zero-order chi connectivity index (χ0) is 27.6. The minimum Gasteiger partial charge on any atom is -0.380 e. The molecule has 2 rings (SSSR count). The van der Waals surface area contributed by atoms with Crippen LogP contribution in [-0.2, 0) is 40.4 Å². The Morgan fingerprint density at radius 2 is 1.26 bits per heavy atom. The molecule has 0 saturated carbocycles. The fourth-order valence-electron chi connectivity index (χ4n) is 4.71.